The van der Waals surface area contributed by atoms with E-state index in [2.05, 4.69) is 22.7 Å². The molecule has 0 aliphatic heterocycles. The average molecular weight is 201 g/mol. The Labute approximate surface area is 84.8 Å². The number of aromatic nitrogens is 1. The first kappa shape index (κ1) is 7.76. The summed E-state index contributed by atoms with van der Waals surface area (Å²) in [4.78, 5) is 0. The molecule has 14 heavy (non-hydrogen) atoms. The Morgan fingerprint density at radius 1 is 1.14 bits per heavy atom. The van der Waals surface area contributed by atoms with Crippen LogP contribution in [0.4, 0.5) is 0 Å². The molecule has 68 valence electrons. The molecular weight excluding hydrogens is 194 g/mol. The molecule has 0 aliphatic rings. The van der Waals surface area contributed by atoms with Gasteiger partial charge in [-0.05, 0) is 6.07 Å². The highest BCUT2D eigenvalue weighted by molar-refractivity contribution is 7.17. The third kappa shape index (κ3) is 1.06. The third-order valence-corrected chi connectivity index (χ3v) is 3.16. The molecule has 0 N–H and O–H groups in total. The van der Waals surface area contributed by atoms with Crippen molar-refractivity contribution < 1.29 is 4.52 Å². The van der Waals surface area contributed by atoms with Crippen LogP contribution in [0.3, 0.4) is 0 Å². The van der Waals surface area contributed by atoms with Gasteiger partial charge in [-0.15, -0.1) is 11.3 Å². The van der Waals surface area contributed by atoms with E-state index >= 15 is 0 Å². The first-order chi connectivity index (χ1) is 6.95. The van der Waals surface area contributed by atoms with Crippen LogP contribution in [0, 0.1) is 0 Å². The van der Waals surface area contributed by atoms with Crippen LogP contribution in [0.25, 0.3) is 21.3 Å². The molecule has 0 radical (unpaired) electrons. The van der Waals surface area contributed by atoms with Gasteiger partial charge in [-0.25, -0.2) is 0 Å². The van der Waals surface area contributed by atoms with Crippen molar-refractivity contribution in [1.29, 1.82) is 0 Å². The van der Waals surface area contributed by atoms with E-state index in [9.17, 15) is 0 Å². The van der Waals surface area contributed by atoms with Gasteiger partial charge in [-0.1, -0.05) is 23.4 Å². The molecule has 3 rings (SSSR count). The van der Waals surface area contributed by atoms with Crippen molar-refractivity contribution in [2.45, 2.75) is 0 Å². The summed E-state index contributed by atoms with van der Waals surface area (Å²) < 4.78 is 6.12. The van der Waals surface area contributed by atoms with E-state index < -0.39 is 0 Å². The number of fused-ring (bicyclic) bond motifs is 1. The molecule has 0 fully saturated rings. The first-order valence-corrected chi connectivity index (χ1v) is 5.20. The van der Waals surface area contributed by atoms with Crippen LogP contribution in [-0.2, 0) is 0 Å². The van der Waals surface area contributed by atoms with Gasteiger partial charge in [0, 0.05) is 27.1 Å². The van der Waals surface area contributed by atoms with Crippen LogP contribution in [-0.4, -0.2) is 5.16 Å². The molecule has 0 spiro atoms. The van der Waals surface area contributed by atoms with Crippen molar-refractivity contribution in [3.8, 4) is 11.3 Å². The summed E-state index contributed by atoms with van der Waals surface area (Å²) in [6.45, 7) is 0. The zero-order valence-electron chi connectivity index (χ0n) is 7.31. The second-order valence-electron chi connectivity index (χ2n) is 3.03. The molecule has 2 aromatic heterocycles. The van der Waals surface area contributed by atoms with Crippen molar-refractivity contribution in [2.75, 3.05) is 0 Å². The maximum absolute atomic E-state index is 4.84. The van der Waals surface area contributed by atoms with Crippen molar-refractivity contribution in [2.24, 2.45) is 0 Å². The summed E-state index contributed by atoms with van der Waals surface area (Å²) in [5, 5.41) is 7.30. The maximum Gasteiger partial charge on any atom is 0.124 e. The summed E-state index contributed by atoms with van der Waals surface area (Å²) in [6.07, 6.45) is 1.60. The lowest BCUT2D eigenvalue weighted by molar-refractivity contribution is 0.422. The van der Waals surface area contributed by atoms with E-state index in [1.54, 1.807) is 17.6 Å². The molecule has 0 unspecified atom stereocenters. The smallest absolute Gasteiger partial charge is 0.124 e. The van der Waals surface area contributed by atoms with Gasteiger partial charge in [-0.2, -0.15) is 0 Å². The quantitative estimate of drug-likeness (QED) is 0.601. The highest BCUT2D eigenvalue weighted by Crippen LogP contribution is 2.32. The molecule has 3 aromatic rings. The van der Waals surface area contributed by atoms with Crippen LogP contribution >= 0.6 is 11.3 Å². The lowest BCUT2D eigenvalue weighted by Gasteiger charge is -1.91. The molecule has 2 heterocycles. The van der Waals surface area contributed by atoms with Gasteiger partial charge in [0.05, 0.1) is 0 Å². The van der Waals surface area contributed by atoms with Gasteiger partial charge in [-0.3, -0.25) is 0 Å². The average Bonchev–Trinajstić information content (AvgIpc) is 2.85. The molecule has 0 amide bonds. The summed E-state index contributed by atoms with van der Waals surface area (Å²) in [6, 6.07) is 10.2. The Hall–Kier alpha value is -1.61. The minimum absolute atomic E-state index is 0.905. The van der Waals surface area contributed by atoms with Crippen molar-refractivity contribution in [3.05, 3.63) is 42.0 Å². The van der Waals surface area contributed by atoms with Gasteiger partial charge in [0.1, 0.15) is 12.0 Å². The Morgan fingerprint density at radius 2 is 2.07 bits per heavy atom. The fourth-order valence-electron chi connectivity index (χ4n) is 1.53. The standard InChI is InChI=1S/C11H7NOS/c1-2-4-11-8(3-1)9(7-14-11)10-5-6-13-12-10/h1-7H. The van der Waals surface area contributed by atoms with E-state index in [1.807, 2.05) is 18.2 Å². The predicted molar refractivity (Wildman–Crippen MR) is 57.3 cm³/mol. The van der Waals surface area contributed by atoms with Gasteiger partial charge in [0.25, 0.3) is 0 Å². The van der Waals surface area contributed by atoms with Crippen LogP contribution in [0.1, 0.15) is 0 Å². The molecule has 3 heteroatoms. The maximum atomic E-state index is 4.84. The lowest BCUT2D eigenvalue weighted by atomic mass is 10.1. The number of benzene rings is 1. The van der Waals surface area contributed by atoms with Crippen LogP contribution < -0.4 is 0 Å². The van der Waals surface area contributed by atoms with Gasteiger partial charge in [0.2, 0.25) is 0 Å². The van der Waals surface area contributed by atoms with Gasteiger partial charge < -0.3 is 4.52 Å². The molecule has 0 aliphatic carbocycles. The summed E-state index contributed by atoms with van der Waals surface area (Å²) >= 11 is 1.73. The number of hydrogen-bond donors (Lipinski definition) is 0. The Kier molecular flexibility index (Phi) is 1.64. The van der Waals surface area contributed by atoms with E-state index in [0.717, 1.165) is 11.3 Å². The Bertz CT molecular complexity index is 553. The highest BCUT2D eigenvalue weighted by Gasteiger charge is 2.07. The largest absolute Gasteiger partial charge is 0.364 e. The first-order valence-electron chi connectivity index (χ1n) is 4.32. The van der Waals surface area contributed by atoms with Crippen LogP contribution in [0.5, 0.6) is 0 Å². The fraction of sp³-hybridized carbons (Fsp3) is 0. The normalized spacial score (nSPS) is 10.9. The predicted octanol–water partition coefficient (Wildman–Crippen LogP) is 3.56. The van der Waals surface area contributed by atoms with Gasteiger partial charge in [0.15, 0.2) is 0 Å². The van der Waals surface area contributed by atoms with Crippen molar-refractivity contribution in [1.82, 2.24) is 5.16 Å². The second kappa shape index (κ2) is 2.96. The minimum Gasteiger partial charge on any atom is -0.364 e. The van der Waals surface area contributed by atoms with Gasteiger partial charge >= 0.3 is 0 Å². The van der Waals surface area contributed by atoms with E-state index in [0.29, 0.717) is 0 Å². The van der Waals surface area contributed by atoms with E-state index in [1.165, 1.54) is 10.1 Å². The zero-order valence-corrected chi connectivity index (χ0v) is 8.12. The number of rotatable bonds is 1. The van der Waals surface area contributed by atoms with E-state index in [-0.39, 0.29) is 0 Å². The molecule has 0 saturated carbocycles. The fourth-order valence-corrected chi connectivity index (χ4v) is 2.48. The zero-order chi connectivity index (χ0) is 9.38. The molecule has 0 bridgehead atoms. The molecular formula is C11H7NOS. The molecule has 2 nitrogen and oxygen atoms in total. The third-order valence-electron chi connectivity index (χ3n) is 2.19. The molecule has 1 aromatic carbocycles. The molecule has 0 atom stereocenters. The highest BCUT2D eigenvalue weighted by atomic mass is 32.1. The van der Waals surface area contributed by atoms with Crippen molar-refractivity contribution >= 4 is 21.4 Å². The minimum atomic E-state index is 0.905. The van der Waals surface area contributed by atoms with Crippen molar-refractivity contribution in [3.63, 3.8) is 0 Å². The lowest BCUT2D eigenvalue weighted by Crippen LogP contribution is -1.72. The summed E-state index contributed by atoms with van der Waals surface area (Å²) in [7, 11) is 0. The van der Waals surface area contributed by atoms with E-state index in [4.69, 9.17) is 4.52 Å². The number of thiophene rings is 1. The molecule has 0 saturated heterocycles. The monoisotopic (exact) mass is 201 g/mol. The number of nitrogens with zero attached hydrogens (tertiary/aromatic N) is 1. The van der Waals surface area contributed by atoms with Crippen LogP contribution in [0.15, 0.2) is 46.5 Å². The second-order valence-corrected chi connectivity index (χ2v) is 3.94. The summed E-state index contributed by atoms with van der Waals surface area (Å²) in [5.41, 5.74) is 2.06. The summed E-state index contributed by atoms with van der Waals surface area (Å²) in [5.74, 6) is 0. The topological polar surface area (TPSA) is 26.0 Å². The SMILES string of the molecule is c1ccc2c(-c3ccon3)csc2c1. The van der Waals surface area contributed by atoms with Crippen LogP contribution in [0.2, 0.25) is 0 Å². The Morgan fingerprint density at radius 3 is 2.93 bits per heavy atom. The Balaban J connectivity index is 2.33. The number of hydrogen-bond acceptors (Lipinski definition) is 3.